The summed E-state index contributed by atoms with van der Waals surface area (Å²) in [6, 6.07) is 18.4. The number of dihydropyridines is 1. The molecule has 7 heteroatoms. The zero-order valence-corrected chi connectivity index (χ0v) is 17.3. The summed E-state index contributed by atoms with van der Waals surface area (Å²) in [5.74, 6) is -0.717. The Morgan fingerprint density at radius 3 is 1.71 bits per heavy atom. The van der Waals surface area contributed by atoms with E-state index < -0.39 is 5.92 Å². The van der Waals surface area contributed by atoms with E-state index in [9.17, 15) is 9.59 Å². The molecule has 0 saturated heterocycles. The average Bonchev–Trinajstić information content (AvgIpc) is 3.29. The van der Waals surface area contributed by atoms with Gasteiger partial charge in [0.2, 0.25) is 0 Å². The van der Waals surface area contributed by atoms with Crippen molar-refractivity contribution in [3.05, 3.63) is 101 Å². The molecule has 1 aliphatic heterocycles. The molecule has 0 fully saturated rings. The first-order valence-electron chi connectivity index (χ1n) is 9.95. The molecule has 31 heavy (non-hydrogen) atoms. The minimum atomic E-state index is -0.649. The number of nitrogens with one attached hydrogen (secondary N) is 4. The first-order chi connectivity index (χ1) is 15.0. The van der Waals surface area contributed by atoms with Crippen molar-refractivity contribution in [2.24, 2.45) is 0 Å². The molecule has 2 aromatic carbocycles. The van der Waals surface area contributed by atoms with Crippen molar-refractivity contribution < 1.29 is 9.59 Å². The number of rotatable bonds is 5. The Hall–Kier alpha value is -4.13. The third kappa shape index (κ3) is 4.25. The highest BCUT2D eigenvalue weighted by Gasteiger charge is 2.38. The van der Waals surface area contributed by atoms with Crippen molar-refractivity contribution in [3.8, 4) is 0 Å². The molecule has 0 atom stereocenters. The number of benzene rings is 2. The molecule has 0 bridgehead atoms. The second-order valence-corrected chi connectivity index (χ2v) is 7.25. The molecule has 0 unspecified atom stereocenters. The zero-order chi connectivity index (χ0) is 21.8. The predicted molar refractivity (Wildman–Crippen MR) is 120 cm³/mol. The Balaban J connectivity index is 1.72. The molecule has 2 amide bonds. The normalized spacial score (nSPS) is 14.3. The quantitative estimate of drug-likeness (QED) is 0.509. The van der Waals surface area contributed by atoms with E-state index in [4.69, 9.17) is 0 Å². The largest absolute Gasteiger partial charge is 0.362 e. The van der Waals surface area contributed by atoms with E-state index in [2.05, 4.69) is 25.9 Å². The van der Waals surface area contributed by atoms with E-state index in [1.165, 1.54) is 0 Å². The lowest BCUT2D eigenvalue weighted by Gasteiger charge is -2.30. The first-order valence-corrected chi connectivity index (χ1v) is 9.95. The van der Waals surface area contributed by atoms with Gasteiger partial charge < -0.3 is 20.9 Å². The lowest BCUT2D eigenvalue weighted by atomic mass is 9.83. The zero-order valence-electron chi connectivity index (χ0n) is 17.3. The van der Waals surface area contributed by atoms with Crippen molar-refractivity contribution in [2.75, 3.05) is 10.6 Å². The van der Waals surface area contributed by atoms with Gasteiger partial charge in [-0.2, -0.15) is 0 Å². The summed E-state index contributed by atoms with van der Waals surface area (Å²) in [6.45, 7) is 3.65. The van der Waals surface area contributed by atoms with Crippen LogP contribution in [0.4, 0.5) is 11.4 Å². The minimum absolute atomic E-state index is 0.296. The van der Waals surface area contributed by atoms with Gasteiger partial charge in [-0.3, -0.25) is 9.59 Å². The maximum absolute atomic E-state index is 13.3. The Labute approximate surface area is 180 Å². The molecule has 0 radical (unpaired) electrons. The van der Waals surface area contributed by atoms with Gasteiger partial charge in [-0.1, -0.05) is 36.4 Å². The Bertz CT molecular complexity index is 1070. The molecule has 156 valence electrons. The van der Waals surface area contributed by atoms with Crippen LogP contribution < -0.4 is 16.0 Å². The fourth-order valence-electron chi connectivity index (χ4n) is 3.74. The summed E-state index contributed by atoms with van der Waals surface area (Å²) in [5, 5.41) is 9.05. The number of carbonyl (C=O) groups excluding carboxylic acids is 2. The Morgan fingerprint density at radius 1 is 0.806 bits per heavy atom. The fraction of sp³-hybridized carbons (Fsp3) is 0.125. The van der Waals surface area contributed by atoms with Crippen LogP contribution in [0.1, 0.15) is 25.6 Å². The molecule has 4 N–H and O–H groups in total. The standard InChI is InChI=1S/C24H23N5O2/c1-15-19(23(30)28-17-9-5-3-6-10-17)21(22-25-13-14-26-22)20(16(2)27-15)24(31)29-18-11-7-4-8-12-18/h3-14,21,27H,1-2H3,(H,25,26)(H,28,30)(H,29,31). The number of nitrogens with zero attached hydrogens (tertiary/aromatic N) is 1. The predicted octanol–water partition coefficient (Wildman–Crippen LogP) is 3.92. The molecular weight excluding hydrogens is 390 g/mol. The number of allylic oxidation sites excluding steroid dienone is 2. The number of anilines is 2. The van der Waals surface area contributed by atoms with Crippen LogP contribution in [0.5, 0.6) is 0 Å². The maximum atomic E-state index is 13.3. The van der Waals surface area contributed by atoms with Gasteiger partial charge in [-0.05, 0) is 38.1 Å². The van der Waals surface area contributed by atoms with Crippen LogP contribution in [0.25, 0.3) is 0 Å². The summed E-state index contributed by atoms with van der Waals surface area (Å²) in [6.07, 6.45) is 3.29. The minimum Gasteiger partial charge on any atom is -0.362 e. The summed E-state index contributed by atoms with van der Waals surface area (Å²) >= 11 is 0. The van der Waals surface area contributed by atoms with Crippen molar-refractivity contribution in [1.82, 2.24) is 15.3 Å². The molecule has 4 rings (SSSR count). The number of imidazole rings is 1. The van der Waals surface area contributed by atoms with Crippen LogP contribution in [0.15, 0.2) is 95.6 Å². The Morgan fingerprint density at radius 2 is 1.29 bits per heavy atom. The van der Waals surface area contributed by atoms with Gasteiger partial charge in [0, 0.05) is 35.2 Å². The molecule has 0 saturated carbocycles. The highest BCUT2D eigenvalue weighted by Crippen LogP contribution is 2.37. The van der Waals surface area contributed by atoms with E-state index in [1.54, 1.807) is 12.4 Å². The number of para-hydroxylation sites is 2. The smallest absolute Gasteiger partial charge is 0.254 e. The topological polar surface area (TPSA) is 98.9 Å². The molecule has 7 nitrogen and oxygen atoms in total. The van der Waals surface area contributed by atoms with Crippen molar-refractivity contribution in [1.29, 1.82) is 0 Å². The molecule has 0 aliphatic carbocycles. The van der Waals surface area contributed by atoms with E-state index in [0.29, 0.717) is 39.7 Å². The summed E-state index contributed by atoms with van der Waals surface area (Å²) in [5.41, 5.74) is 3.55. The lowest BCUT2D eigenvalue weighted by molar-refractivity contribution is -0.113. The van der Waals surface area contributed by atoms with Crippen molar-refractivity contribution in [3.63, 3.8) is 0 Å². The lowest BCUT2D eigenvalue weighted by Crippen LogP contribution is -2.35. The number of amides is 2. The summed E-state index contributed by atoms with van der Waals surface area (Å²) < 4.78 is 0. The van der Waals surface area contributed by atoms with Gasteiger partial charge in [-0.25, -0.2) is 4.98 Å². The van der Waals surface area contributed by atoms with Crippen LogP contribution in [-0.2, 0) is 9.59 Å². The summed E-state index contributed by atoms with van der Waals surface area (Å²) in [4.78, 5) is 34.1. The van der Waals surface area contributed by atoms with Crippen LogP contribution in [0.2, 0.25) is 0 Å². The van der Waals surface area contributed by atoms with Gasteiger partial charge in [0.15, 0.2) is 0 Å². The van der Waals surface area contributed by atoms with Crippen LogP contribution in [0.3, 0.4) is 0 Å². The van der Waals surface area contributed by atoms with Gasteiger partial charge >= 0.3 is 0 Å². The number of hydrogen-bond donors (Lipinski definition) is 4. The molecule has 0 spiro atoms. The second kappa shape index (κ2) is 8.71. The van der Waals surface area contributed by atoms with Crippen LogP contribution in [0, 0.1) is 0 Å². The molecular formula is C24H23N5O2. The highest BCUT2D eigenvalue weighted by atomic mass is 16.2. The van der Waals surface area contributed by atoms with Crippen molar-refractivity contribution in [2.45, 2.75) is 19.8 Å². The monoisotopic (exact) mass is 413 g/mol. The third-order valence-corrected chi connectivity index (χ3v) is 5.11. The van der Waals surface area contributed by atoms with Gasteiger partial charge in [-0.15, -0.1) is 0 Å². The number of aromatic nitrogens is 2. The number of carbonyl (C=O) groups is 2. The SMILES string of the molecule is CC1=C(C(=O)Nc2ccccc2)C(c2ncc[nH]2)C(C(=O)Nc2ccccc2)=C(C)N1. The van der Waals surface area contributed by atoms with E-state index in [1.807, 2.05) is 74.5 Å². The summed E-state index contributed by atoms with van der Waals surface area (Å²) in [7, 11) is 0. The van der Waals surface area contributed by atoms with E-state index >= 15 is 0 Å². The number of hydrogen-bond acceptors (Lipinski definition) is 4. The van der Waals surface area contributed by atoms with Crippen molar-refractivity contribution >= 4 is 23.2 Å². The third-order valence-electron chi connectivity index (χ3n) is 5.11. The molecule has 3 aromatic rings. The molecule has 2 heterocycles. The highest BCUT2D eigenvalue weighted by molar-refractivity contribution is 6.11. The Kier molecular flexibility index (Phi) is 5.66. The average molecular weight is 413 g/mol. The fourth-order valence-corrected chi connectivity index (χ4v) is 3.74. The number of aromatic amines is 1. The first kappa shape index (κ1) is 20.2. The van der Waals surface area contributed by atoms with Crippen LogP contribution in [-0.4, -0.2) is 21.8 Å². The molecule has 1 aromatic heterocycles. The maximum Gasteiger partial charge on any atom is 0.254 e. The molecule has 1 aliphatic rings. The van der Waals surface area contributed by atoms with Gasteiger partial charge in [0.25, 0.3) is 11.8 Å². The van der Waals surface area contributed by atoms with Gasteiger partial charge in [0.1, 0.15) is 5.82 Å². The van der Waals surface area contributed by atoms with Crippen LogP contribution >= 0.6 is 0 Å². The second-order valence-electron chi connectivity index (χ2n) is 7.25. The van der Waals surface area contributed by atoms with E-state index in [-0.39, 0.29) is 11.8 Å². The van der Waals surface area contributed by atoms with Gasteiger partial charge in [0.05, 0.1) is 17.1 Å². The van der Waals surface area contributed by atoms with E-state index in [0.717, 1.165) is 0 Å². The number of H-pyrrole nitrogens is 1.